The van der Waals surface area contributed by atoms with Crippen molar-refractivity contribution in [2.45, 2.75) is 69.0 Å². The minimum atomic E-state index is -0.529. The highest BCUT2D eigenvalue weighted by atomic mass is 16.2. The molecule has 3 fully saturated rings. The molecule has 2 aliphatic carbocycles. The lowest BCUT2D eigenvalue weighted by Crippen LogP contribution is -2.55. The van der Waals surface area contributed by atoms with E-state index >= 15 is 0 Å². The number of benzene rings is 1. The summed E-state index contributed by atoms with van der Waals surface area (Å²) in [5.41, 5.74) is 0.808. The Labute approximate surface area is 181 Å². The second kappa shape index (κ2) is 7.57. The van der Waals surface area contributed by atoms with E-state index in [0.717, 1.165) is 38.8 Å². The van der Waals surface area contributed by atoms with E-state index < -0.39 is 5.54 Å². The van der Waals surface area contributed by atoms with Gasteiger partial charge in [0, 0.05) is 32.5 Å². The summed E-state index contributed by atoms with van der Waals surface area (Å²) in [4.78, 5) is 23.8. The van der Waals surface area contributed by atoms with Gasteiger partial charge >= 0.3 is 6.03 Å². The molecule has 30 heavy (non-hydrogen) atoms. The average Bonchev–Trinajstić information content (AvgIpc) is 3.52. The summed E-state index contributed by atoms with van der Waals surface area (Å²) in [5, 5.41) is 0. The van der Waals surface area contributed by atoms with Crippen LogP contribution in [0.4, 0.5) is 4.79 Å². The highest BCUT2D eigenvalue weighted by Crippen LogP contribution is 2.50. The maximum Gasteiger partial charge on any atom is 0.320 e. The lowest BCUT2D eigenvalue weighted by molar-refractivity contribution is 0.0232. The molecule has 162 valence electrons. The fourth-order valence-electron chi connectivity index (χ4n) is 5.64. The number of urea groups is 1. The molecular weight excluding hydrogens is 372 g/mol. The first-order valence-corrected chi connectivity index (χ1v) is 11.4. The van der Waals surface area contributed by atoms with E-state index in [2.05, 4.69) is 59.1 Å². The second-order valence-corrected chi connectivity index (χ2v) is 10.6. The molecule has 1 heterocycles. The number of nitrogens with zero attached hydrogens (tertiary/aromatic N) is 4. The molecule has 0 aromatic heterocycles. The minimum Gasteiger partial charge on any atom is -0.317 e. The van der Waals surface area contributed by atoms with Crippen LogP contribution < -0.4 is 0 Å². The summed E-state index contributed by atoms with van der Waals surface area (Å²) in [7, 11) is 4.38. The third-order valence-corrected chi connectivity index (χ3v) is 7.75. The molecule has 0 bridgehead atoms. The van der Waals surface area contributed by atoms with Gasteiger partial charge in [-0.1, -0.05) is 30.3 Å². The second-order valence-electron chi connectivity index (χ2n) is 10.6. The zero-order valence-corrected chi connectivity index (χ0v) is 19.0. The minimum absolute atomic E-state index is 0.0318. The molecule has 1 spiro atoms. The van der Waals surface area contributed by atoms with Gasteiger partial charge in [-0.05, 0) is 64.1 Å². The number of rotatable bonds is 6. The number of amides is 2. The van der Waals surface area contributed by atoms with Crippen LogP contribution in [0, 0.1) is 12.5 Å². The Morgan fingerprint density at radius 2 is 1.77 bits per heavy atom. The fraction of sp³-hybridized carbons (Fsp3) is 0.680. The van der Waals surface area contributed by atoms with E-state index in [4.69, 9.17) is 6.57 Å². The lowest BCUT2D eigenvalue weighted by Gasteiger charge is -2.51. The number of hydrogen-bond donors (Lipinski definition) is 0. The van der Waals surface area contributed by atoms with Crippen molar-refractivity contribution in [1.82, 2.24) is 14.7 Å². The Bertz CT molecular complexity index is 813. The van der Waals surface area contributed by atoms with Crippen LogP contribution in [0.15, 0.2) is 30.3 Å². The van der Waals surface area contributed by atoms with Crippen LogP contribution >= 0.6 is 0 Å². The molecule has 5 heteroatoms. The highest BCUT2D eigenvalue weighted by molar-refractivity contribution is 5.78. The van der Waals surface area contributed by atoms with Crippen LogP contribution in [0.25, 0.3) is 4.85 Å². The number of carbonyl (C=O) groups excluding carboxylic acids is 1. The Kier molecular flexibility index (Phi) is 5.34. The van der Waals surface area contributed by atoms with Crippen molar-refractivity contribution in [3.8, 4) is 0 Å². The van der Waals surface area contributed by atoms with Crippen LogP contribution in [-0.4, -0.2) is 65.5 Å². The Balaban J connectivity index is 1.59. The maximum atomic E-state index is 13.4. The molecular formula is C25H36N4O. The van der Waals surface area contributed by atoms with Gasteiger partial charge in [-0.15, -0.1) is 0 Å². The summed E-state index contributed by atoms with van der Waals surface area (Å²) >= 11 is 0. The standard InChI is InChI=1S/C25H36N4O/c1-23(2,26-3)18-28-19-24(29(22(28)30)17-20-11-12-20)13-15-25(16-14-24,27(4)5)21-9-7-6-8-10-21/h6-10,20H,11-19H2,1-2,4-5H3. The van der Waals surface area contributed by atoms with Gasteiger partial charge in [0.2, 0.25) is 5.54 Å². The van der Waals surface area contributed by atoms with Crippen molar-refractivity contribution < 1.29 is 4.79 Å². The topological polar surface area (TPSA) is 31.1 Å². The van der Waals surface area contributed by atoms with Crippen molar-refractivity contribution >= 4 is 6.03 Å². The van der Waals surface area contributed by atoms with E-state index in [1.165, 1.54) is 18.4 Å². The van der Waals surface area contributed by atoms with E-state index in [9.17, 15) is 4.79 Å². The zero-order chi connectivity index (χ0) is 21.6. The van der Waals surface area contributed by atoms with Crippen LogP contribution in [-0.2, 0) is 5.54 Å². The van der Waals surface area contributed by atoms with Crippen LogP contribution in [0.3, 0.4) is 0 Å². The molecule has 4 rings (SSSR count). The van der Waals surface area contributed by atoms with Crippen molar-refractivity contribution in [1.29, 1.82) is 0 Å². The van der Waals surface area contributed by atoms with Gasteiger partial charge < -0.3 is 14.6 Å². The number of carbonyl (C=O) groups is 1. The van der Waals surface area contributed by atoms with E-state index in [1.54, 1.807) is 0 Å². The zero-order valence-electron chi connectivity index (χ0n) is 19.0. The summed E-state index contributed by atoms with van der Waals surface area (Å²) < 4.78 is 0. The lowest BCUT2D eigenvalue weighted by atomic mass is 9.68. The first-order chi connectivity index (χ1) is 14.2. The highest BCUT2D eigenvalue weighted by Gasteiger charge is 2.56. The maximum absolute atomic E-state index is 13.4. The first-order valence-electron chi connectivity index (χ1n) is 11.4. The van der Waals surface area contributed by atoms with E-state index in [0.29, 0.717) is 12.5 Å². The summed E-state index contributed by atoms with van der Waals surface area (Å²) in [6, 6.07) is 11.0. The van der Waals surface area contributed by atoms with Gasteiger partial charge in [0.15, 0.2) is 0 Å². The molecule has 0 N–H and O–H groups in total. The molecule has 2 saturated carbocycles. The fourth-order valence-corrected chi connectivity index (χ4v) is 5.64. The number of hydrogen-bond acceptors (Lipinski definition) is 2. The van der Waals surface area contributed by atoms with Crippen molar-refractivity contribution in [3.05, 3.63) is 47.3 Å². The van der Waals surface area contributed by atoms with Gasteiger partial charge in [0.05, 0.1) is 12.1 Å². The summed E-state index contributed by atoms with van der Waals surface area (Å²) in [5.74, 6) is 0.675. The van der Waals surface area contributed by atoms with Crippen molar-refractivity contribution in [2.75, 3.05) is 33.7 Å². The average molecular weight is 409 g/mol. The molecule has 0 unspecified atom stereocenters. The SMILES string of the molecule is [C-]#[N+]C(C)(C)CN1CC2(CCC(c3ccccc3)(N(C)C)CC2)N(CC2CC2)C1=O. The van der Waals surface area contributed by atoms with Gasteiger partial charge in [-0.25, -0.2) is 11.4 Å². The Morgan fingerprint density at radius 1 is 1.13 bits per heavy atom. The monoisotopic (exact) mass is 408 g/mol. The molecule has 2 amide bonds. The first kappa shape index (κ1) is 21.2. The smallest absolute Gasteiger partial charge is 0.317 e. The molecule has 1 aromatic rings. The quantitative estimate of drug-likeness (QED) is 0.644. The third-order valence-electron chi connectivity index (χ3n) is 7.75. The van der Waals surface area contributed by atoms with Crippen molar-refractivity contribution in [2.24, 2.45) is 5.92 Å². The van der Waals surface area contributed by atoms with Crippen LogP contribution in [0.2, 0.25) is 0 Å². The molecule has 5 nitrogen and oxygen atoms in total. The molecule has 0 atom stereocenters. The largest absolute Gasteiger partial charge is 0.320 e. The summed E-state index contributed by atoms with van der Waals surface area (Å²) in [6.07, 6.45) is 6.65. The molecule has 0 radical (unpaired) electrons. The molecule has 3 aliphatic rings. The van der Waals surface area contributed by atoms with Gasteiger partial charge in [0.1, 0.15) is 0 Å². The predicted molar refractivity (Wildman–Crippen MR) is 120 cm³/mol. The van der Waals surface area contributed by atoms with E-state index in [-0.39, 0.29) is 17.1 Å². The van der Waals surface area contributed by atoms with Crippen molar-refractivity contribution in [3.63, 3.8) is 0 Å². The van der Waals surface area contributed by atoms with Gasteiger partial charge in [-0.2, -0.15) is 0 Å². The third kappa shape index (κ3) is 3.71. The summed E-state index contributed by atoms with van der Waals surface area (Å²) in [6.45, 7) is 13.6. The molecule has 1 saturated heterocycles. The Hall–Kier alpha value is -2.06. The normalized spacial score (nSPS) is 29.7. The van der Waals surface area contributed by atoms with Crippen LogP contribution in [0.5, 0.6) is 0 Å². The van der Waals surface area contributed by atoms with E-state index in [1.807, 2.05) is 18.7 Å². The molecule has 1 aliphatic heterocycles. The predicted octanol–water partition coefficient (Wildman–Crippen LogP) is 4.60. The molecule has 1 aromatic carbocycles. The van der Waals surface area contributed by atoms with Gasteiger partial charge in [0.25, 0.3) is 0 Å². The Morgan fingerprint density at radius 3 is 2.30 bits per heavy atom. The van der Waals surface area contributed by atoms with Gasteiger partial charge in [-0.3, -0.25) is 4.90 Å². The van der Waals surface area contributed by atoms with Crippen LogP contribution in [0.1, 0.15) is 57.9 Å².